The van der Waals surface area contributed by atoms with Crippen LogP contribution in [0.4, 0.5) is 4.79 Å². The van der Waals surface area contributed by atoms with Crippen LogP contribution in [0.5, 0.6) is 0 Å². The van der Waals surface area contributed by atoms with E-state index in [1.165, 1.54) is 0 Å². The van der Waals surface area contributed by atoms with Crippen molar-refractivity contribution in [3.05, 3.63) is 109 Å². The van der Waals surface area contributed by atoms with Crippen LogP contribution < -0.4 is 10.6 Å². The number of hydrogen-bond acceptors (Lipinski definition) is 3. The van der Waals surface area contributed by atoms with Crippen LogP contribution in [0.1, 0.15) is 17.2 Å². The maximum Gasteiger partial charge on any atom is 0.315 e. The first-order valence-corrected chi connectivity index (χ1v) is 9.88. The highest BCUT2D eigenvalue weighted by Crippen LogP contribution is 2.21. The first-order valence-electron chi connectivity index (χ1n) is 9.88. The number of rotatable bonds is 7. The number of urea groups is 1. The largest absolute Gasteiger partial charge is 0.336 e. The van der Waals surface area contributed by atoms with E-state index in [1.807, 2.05) is 89.6 Å². The van der Waals surface area contributed by atoms with Crippen molar-refractivity contribution in [2.24, 2.45) is 0 Å². The van der Waals surface area contributed by atoms with Gasteiger partial charge >= 0.3 is 6.03 Å². The highest BCUT2D eigenvalue weighted by Gasteiger charge is 2.16. The van der Waals surface area contributed by atoms with E-state index in [0.717, 1.165) is 22.6 Å². The summed E-state index contributed by atoms with van der Waals surface area (Å²) in [6.07, 6.45) is 5.37. The molecule has 0 aliphatic heterocycles. The highest BCUT2D eigenvalue weighted by molar-refractivity contribution is 5.75. The monoisotopic (exact) mass is 397 g/mol. The molecule has 0 radical (unpaired) electrons. The molecule has 2 amide bonds. The van der Waals surface area contributed by atoms with E-state index in [2.05, 4.69) is 20.6 Å². The summed E-state index contributed by atoms with van der Waals surface area (Å²) in [6, 6.07) is 25.2. The van der Waals surface area contributed by atoms with Gasteiger partial charge < -0.3 is 15.2 Å². The van der Waals surface area contributed by atoms with Crippen LogP contribution in [0.2, 0.25) is 0 Å². The summed E-state index contributed by atoms with van der Waals surface area (Å²) in [5.41, 5.74) is 2.87. The Balaban J connectivity index is 1.39. The highest BCUT2D eigenvalue weighted by atomic mass is 16.2. The van der Waals surface area contributed by atoms with Crippen molar-refractivity contribution in [2.45, 2.75) is 12.6 Å². The quantitative estimate of drug-likeness (QED) is 0.494. The maximum absolute atomic E-state index is 12.6. The molecule has 0 unspecified atom stereocenters. The summed E-state index contributed by atoms with van der Waals surface area (Å²) in [5, 5.41) is 6.04. The summed E-state index contributed by atoms with van der Waals surface area (Å²) in [7, 11) is 0. The molecule has 2 N–H and O–H groups in total. The van der Waals surface area contributed by atoms with Crippen molar-refractivity contribution in [3.63, 3.8) is 0 Å². The fourth-order valence-corrected chi connectivity index (χ4v) is 3.34. The average Bonchev–Trinajstić information content (AvgIpc) is 3.28. The standard InChI is InChI=1S/C24H23N5O/c30-24(27-16-18-29-17-15-26-23(29)21-13-7-8-14-25-21)28-22(19-9-3-1-4-10-19)20-11-5-2-6-12-20/h1-15,17,22H,16,18H2,(H2,27,28,30). The van der Waals surface area contributed by atoms with Gasteiger partial charge in [0.1, 0.15) is 5.69 Å². The van der Waals surface area contributed by atoms with Crippen molar-refractivity contribution < 1.29 is 4.79 Å². The van der Waals surface area contributed by atoms with Crippen LogP contribution in [-0.2, 0) is 6.54 Å². The number of amides is 2. The summed E-state index contributed by atoms with van der Waals surface area (Å²) in [6.45, 7) is 1.07. The number of aromatic nitrogens is 3. The zero-order valence-electron chi connectivity index (χ0n) is 16.5. The Morgan fingerprint density at radius 3 is 2.13 bits per heavy atom. The van der Waals surface area contributed by atoms with Gasteiger partial charge in [0.15, 0.2) is 5.82 Å². The molecule has 2 aromatic carbocycles. The number of nitrogens with one attached hydrogen (secondary N) is 2. The van der Waals surface area contributed by atoms with Crippen molar-refractivity contribution in [1.82, 2.24) is 25.2 Å². The molecule has 0 fully saturated rings. The van der Waals surface area contributed by atoms with Crippen LogP contribution in [0, 0.1) is 0 Å². The third-order valence-electron chi connectivity index (χ3n) is 4.79. The number of pyridine rings is 1. The van der Waals surface area contributed by atoms with Gasteiger partial charge in [-0.2, -0.15) is 0 Å². The first kappa shape index (κ1) is 19.4. The van der Waals surface area contributed by atoms with E-state index in [0.29, 0.717) is 13.1 Å². The molecule has 0 bridgehead atoms. The average molecular weight is 397 g/mol. The van der Waals surface area contributed by atoms with Crippen molar-refractivity contribution in [1.29, 1.82) is 0 Å². The SMILES string of the molecule is O=C(NCCn1ccnc1-c1ccccn1)NC(c1ccccc1)c1ccccc1. The molecule has 30 heavy (non-hydrogen) atoms. The molecular weight excluding hydrogens is 374 g/mol. The van der Waals surface area contributed by atoms with Crippen molar-refractivity contribution in [2.75, 3.05) is 6.54 Å². The topological polar surface area (TPSA) is 71.8 Å². The minimum Gasteiger partial charge on any atom is -0.336 e. The molecule has 6 nitrogen and oxygen atoms in total. The third kappa shape index (κ3) is 4.72. The fraction of sp³-hybridized carbons (Fsp3) is 0.125. The maximum atomic E-state index is 12.6. The number of imidazole rings is 1. The summed E-state index contributed by atoms with van der Waals surface area (Å²) in [5.74, 6) is 0.782. The molecule has 0 spiro atoms. The Hall–Kier alpha value is -3.93. The molecule has 4 rings (SSSR count). The molecule has 150 valence electrons. The van der Waals surface area contributed by atoms with Gasteiger partial charge in [0.05, 0.1) is 6.04 Å². The molecule has 4 aromatic rings. The lowest BCUT2D eigenvalue weighted by atomic mass is 9.99. The molecule has 2 heterocycles. The molecule has 0 saturated heterocycles. The van der Waals surface area contributed by atoms with Gasteiger partial charge in [-0.05, 0) is 23.3 Å². The van der Waals surface area contributed by atoms with Crippen LogP contribution in [-0.4, -0.2) is 27.1 Å². The summed E-state index contributed by atoms with van der Waals surface area (Å²) < 4.78 is 1.98. The molecule has 0 aliphatic carbocycles. The van der Waals surface area contributed by atoms with E-state index in [4.69, 9.17) is 0 Å². The first-order chi connectivity index (χ1) is 14.8. The minimum absolute atomic E-state index is 0.216. The normalized spacial score (nSPS) is 10.7. The van der Waals surface area contributed by atoms with Crippen molar-refractivity contribution in [3.8, 4) is 11.5 Å². The van der Waals surface area contributed by atoms with Crippen LogP contribution >= 0.6 is 0 Å². The molecule has 6 heteroatoms. The molecule has 2 aromatic heterocycles. The predicted molar refractivity (Wildman–Crippen MR) is 117 cm³/mol. The van der Waals surface area contributed by atoms with Gasteiger partial charge in [-0.15, -0.1) is 0 Å². The number of hydrogen-bond donors (Lipinski definition) is 2. The number of nitrogens with zero attached hydrogens (tertiary/aromatic N) is 3. The molecule has 0 atom stereocenters. The van der Waals surface area contributed by atoms with Crippen LogP contribution in [0.3, 0.4) is 0 Å². The van der Waals surface area contributed by atoms with Gasteiger partial charge in [-0.25, -0.2) is 9.78 Å². The molecule has 0 aliphatic rings. The van der Waals surface area contributed by atoms with E-state index < -0.39 is 0 Å². The van der Waals surface area contributed by atoms with E-state index in [-0.39, 0.29) is 12.1 Å². The zero-order chi connectivity index (χ0) is 20.6. The fourth-order valence-electron chi connectivity index (χ4n) is 3.34. The predicted octanol–water partition coefficient (Wildman–Crippen LogP) is 4.03. The Labute approximate surface area is 175 Å². The van der Waals surface area contributed by atoms with Gasteiger partial charge in [0.2, 0.25) is 0 Å². The summed E-state index contributed by atoms with van der Waals surface area (Å²) in [4.78, 5) is 21.4. The smallest absolute Gasteiger partial charge is 0.315 e. The second-order valence-corrected chi connectivity index (χ2v) is 6.81. The number of carbonyl (C=O) groups excluding carboxylic acids is 1. The van der Waals surface area contributed by atoms with Crippen LogP contribution in [0.25, 0.3) is 11.5 Å². The number of benzene rings is 2. The Kier molecular flexibility index (Phi) is 6.15. The Morgan fingerprint density at radius 2 is 1.50 bits per heavy atom. The van der Waals surface area contributed by atoms with Crippen LogP contribution in [0.15, 0.2) is 97.5 Å². The number of carbonyl (C=O) groups is 1. The van der Waals surface area contributed by atoms with E-state index >= 15 is 0 Å². The van der Waals surface area contributed by atoms with E-state index in [9.17, 15) is 4.79 Å². The lowest BCUT2D eigenvalue weighted by Crippen LogP contribution is -2.39. The van der Waals surface area contributed by atoms with Gasteiger partial charge in [-0.3, -0.25) is 4.98 Å². The second-order valence-electron chi connectivity index (χ2n) is 6.81. The molecular formula is C24H23N5O. The second kappa shape index (κ2) is 9.52. The Bertz CT molecular complexity index is 1020. The summed E-state index contributed by atoms with van der Waals surface area (Å²) >= 11 is 0. The Morgan fingerprint density at radius 1 is 0.833 bits per heavy atom. The third-order valence-corrected chi connectivity index (χ3v) is 4.79. The minimum atomic E-state index is -0.218. The lowest BCUT2D eigenvalue weighted by Gasteiger charge is -2.20. The van der Waals surface area contributed by atoms with Crippen molar-refractivity contribution >= 4 is 6.03 Å². The van der Waals surface area contributed by atoms with Gasteiger partial charge in [0, 0.05) is 31.7 Å². The lowest BCUT2D eigenvalue weighted by molar-refractivity contribution is 0.238. The van der Waals surface area contributed by atoms with Gasteiger partial charge in [-0.1, -0.05) is 66.7 Å². The van der Waals surface area contributed by atoms with E-state index in [1.54, 1.807) is 12.4 Å². The zero-order valence-corrected chi connectivity index (χ0v) is 16.5. The van der Waals surface area contributed by atoms with Gasteiger partial charge in [0.25, 0.3) is 0 Å². The molecule has 0 saturated carbocycles.